The molecule has 3 nitrogen and oxygen atoms in total. The molecule has 2 aromatic carbocycles. The molecule has 1 aliphatic rings. The van der Waals surface area contributed by atoms with Crippen LogP contribution in [0.5, 0.6) is 0 Å². The van der Waals surface area contributed by atoms with E-state index in [0.29, 0.717) is 5.15 Å². The van der Waals surface area contributed by atoms with E-state index in [2.05, 4.69) is 92.6 Å². The van der Waals surface area contributed by atoms with Crippen LogP contribution in [0.2, 0.25) is 5.15 Å². The van der Waals surface area contributed by atoms with Crippen molar-refractivity contribution in [1.29, 1.82) is 0 Å². The monoisotopic (exact) mass is 457 g/mol. The zero-order chi connectivity index (χ0) is 23.3. The highest BCUT2D eigenvalue weighted by Crippen LogP contribution is 2.36. The Morgan fingerprint density at radius 2 is 1.67 bits per heavy atom. The third-order valence-electron chi connectivity index (χ3n) is 7.16. The second kappa shape index (κ2) is 8.22. The average Bonchev–Trinajstić information content (AvgIpc) is 3.02. The van der Waals surface area contributed by atoms with Gasteiger partial charge in [-0.1, -0.05) is 80.9 Å². The normalized spacial score (nSPS) is 14.1. The first kappa shape index (κ1) is 22.0. The number of hydrogen-bond donors (Lipinski definition) is 0. The van der Waals surface area contributed by atoms with Gasteiger partial charge in [0.05, 0.1) is 5.52 Å². The second-order valence-corrected chi connectivity index (χ2v) is 10.7. The molecule has 5 rings (SSSR count). The summed E-state index contributed by atoms with van der Waals surface area (Å²) in [7, 11) is 0. The van der Waals surface area contributed by atoms with E-state index in [1.165, 1.54) is 44.4 Å². The first-order chi connectivity index (χ1) is 15.7. The van der Waals surface area contributed by atoms with Crippen molar-refractivity contribution in [3.8, 4) is 0 Å². The maximum absolute atomic E-state index is 6.55. The number of benzene rings is 2. The van der Waals surface area contributed by atoms with Crippen LogP contribution in [0.4, 0.5) is 5.82 Å². The maximum Gasteiger partial charge on any atom is 0.155 e. The van der Waals surface area contributed by atoms with E-state index in [1.54, 1.807) is 0 Å². The smallest absolute Gasteiger partial charge is 0.155 e. The van der Waals surface area contributed by atoms with Gasteiger partial charge in [-0.05, 0) is 59.6 Å². The van der Waals surface area contributed by atoms with Gasteiger partial charge < -0.3 is 9.47 Å². The van der Waals surface area contributed by atoms with Crippen LogP contribution in [0, 0.1) is 13.8 Å². The SMILES string of the molecule is Cc1c(C)n(Cc2ccc(C(C)(C)C)cc2)c2c(N3CCc4ccccc4C3)nc(Cl)cc12. The lowest BCUT2D eigenvalue weighted by molar-refractivity contribution is 0.590. The first-order valence-electron chi connectivity index (χ1n) is 11.8. The van der Waals surface area contributed by atoms with E-state index in [0.717, 1.165) is 31.9 Å². The summed E-state index contributed by atoms with van der Waals surface area (Å²) in [6, 6.07) is 19.8. The van der Waals surface area contributed by atoms with Crippen molar-refractivity contribution in [1.82, 2.24) is 9.55 Å². The van der Waals surface area contributed by atoms with Crippen LogP contribution in [0.15, 0.2) is 54.6 Å². The minimum Gasteiger partial charge on any atom is -0.350 e. The number of anilines is 1. The number of aromatic nitrogens is 2. The lowest BCUT2D eigenvalue weighted by atomic mass is 9.87. The summed E-state index contributed by atoms with van der Waals surface area (Å²) in [6.07, 6.45) is 1.03. The third kappa shape index (κ3) is 4.04. The lowest BCUT2D eigenvalue weighted by Gasteiger charge is -2.30. The highest BCUT2D eigenvalue weighted by molar-refractivity contribution is 6.30. The van der Waals surface area contributed by atoms with Crippen molar-refractivity contribution in [2.45, 2.75) is 59.5 Å². The van der Waals surface area contributed by atoms with Gasteiger partial charge in [-0.3, -0.25) is 0 Å². The van der Waals surface area contributed by atoms with Gasteiger partial charge in [0, 0.05) is 30.7 Å². The minimum atomic E-state index is 0.156. The minimum absolute atomic E-state index is 0.156. The predicted octanol–water partition coefficient (Wildman–Crippen LogP) is 7.22. The number of aryl methyl sites for hydroxylation is 1. The van der Waals surface area contributed by atoms with Crippen molar-refractivity contribution in [3.05, 3.63) is 93.3 Å². The van der Waals surface area contributed by atoms with Gasteiger partial charge in [-0.15, -0.1) is 0 Å². The summed E-state index contributed by atoms with van der Waals surface area (Å²) in [6.45, 7) is 13.8. The van der Waals surface area contributed by atoms with Crippen molar-refractivity contribution < 1.29 is 0 Å². The van der Waals surface area contributed by atoms with E-state index in [9.17, 15) is 0 Å². The number of nitrogens with zero attached hydrogens (tertiary/aromatic N) is 3. The molecule has 0 spiro atoms. The summed E-state index contributed by atoms with van der Waals surface area (Å²) < 4.78 is 2.43. The molecule has 0 aliphatic carbocycles. The Balaban J connectivity index is 1.59. The van der Waals surface area contributed by atoms with Crippen molar-refractivity contribution in [3.63, 3.8) is 0 Å². The molecule has 0 N–H and O–H groups in total. The highest BCUT2D eigenvalue weighted by Gasteiger charge is 2.24. The molecule has 1 aliphatic heterocycles. The standard InChI is InChI=1S/C29H32ClN3/c1-19-20(2)33(17-21-10-12-24(13-11-21)29(3,4)5)27-25(19)16-26(30)31-28(27)32-15-14-22-8-6-7-9-23(22)18-32/h6-13,16H,14-15,17-18H2,1-5H3. The van der Waals surface area contributed by atoms with Gasteiger partial charge >= 0.3 is 0 Å². The Hall–Kier alpha value is -2.78. The molecule has 170 valence electrons. The Morgan fingerprint density at radius 1 is 0.970 bits per heavy atom. The number of hydrogen-bond acceptors (Lipinski definition) is 2. The van der Waals surface area contributed by atoms with Crippen LogP contribution in [-0.2, 0) is 24.9 Å². The molecule has 0 amide bonds. The van der Waals surface area contributed by atoms with Crippen LogP contribution >= 0.6 is 11.6 Å². The number of halogens is 1. The van der Waals surface area contributed by atoms with E-state index >= 15 is 0 Å². The second-order valence-electron chi connectivity index (χ2n) is 10.3. The van der Waals surface area contributed by atoms with Crippen LogP contribution in [0.3, 0.4) is 0 Å². The first-order valence-corrected chi connectivity index (χ1v) is 12.2. The summed E-state index contributed by atoms with van der Waals surface area (Å²) in [5.74, 6) is 0.995. The molecule has 0 bridgehead atoms. The van der Waals surface area contributed by atoms with Crippen LogP contribution < -0.4 is 4.90 Å². The van der Waals surface area contributed by atoms with Gasteiger partial charge in [0.25, 0.3) is 0 Å². The van der Waals surface area contributed by atoms with Crippen molar-refractivity contribution in [2.75, 3.05) is 11.4 Å². The van der Waals surface area contributed by atoms with Gasteiger partial charge in [0.1, 0.15) is 5.15 Å². The largest absolute Gasteiger partial charge is 0.350 e. The number of fused-ring (bicyclic) bond motifs is 2. The van der Waals surface area contributed by atoms with Crippen LogP contribution in [0.25, 0.3) is 10.9 Å². The van der Waals surface area contributed by atoms with Crippen LogP contribution in [0.1, 0.15) is 54.3 Å². The molecule has 0 atom stereocenters. The van der Waals surface area contributed by atoms with Crippen LogP contribution in [-0.4, -0.2) is 16.1 Å². The lowest BCUT2D eigenvalue weighted by Crippen LogP contribution is -2.31. The zero-order valence-electron chi connectivity index (χ0n) is 20.2. The van der Waals surface area contributed by atoms with E-state index in [4.69, 9.17) is 16.6 Å². The summed E-state index contributed by atoms with van der Waals surface area (Å²) in [5.41, 5.74) is 9.37. The molecule has 3 heterocycles. The Morgan fingerprint density at radius 3 is 2.36 bits per heavy atom. The molecule has 0 fully saturated rings. The van der Waals surface area contributed by atoms with Crippen molar-refractivity contribution >= 4 is 28.3 Å². The van der Waals surface area contributed by atoms with E-state index in [1.807, 2.05) is 6.07 Å². The Bertz CT molecular complexity index is 1330. The fourth-order valence-corrected chi connectivity index (χ4v) is 5.19. The topological polar surface area (TPSA) is 21.1 Å². The highest BCUT2D eigenvalue weighted by atomic mass is 35.5. The molecule has 0 saturated carbocycles. The van der Waals surface area contributed by atoms with Crippen molar-refractivity contribution in [2.24, 2.45) is 0 Å². The fraction of sp³-hybridized carbons (Fsp3) is 0.345. The van der Waals surface area contributed by atoms with E-state index in [-0.39, 0.29) is 5.41 Å². The molecule has 4 aromatic rings. The average molecular weight is 458 g/mol. The molecule has 0 saturated heterocycles. The predicted molar refractivity (Wildman–Crippen MR) is 140 cm³/mol. The summed E-state index contributed by atoms with van der Waals surface area (Å²) >= 11 is 6.55. The molecule has 0 radical (unpaired) electrons. The Kier molecular flexibility index (Phi) is 5.49. The molecule has 33 heavy (non-hydrogen) atoms. The molecular formula is C29H32ClN3. The van der Waals surface area contributed by atoms with Gasteiger partial charge in [-0.25, -0.2) is 4.98 Å². The summed E-state index contributed by atoms with van der Waals surface area (Å²) in [4.78, 5) is 7.27. The number of rotatable bonds is 3. The third-order valence-corrected chi connectivity index (χ3v) is 7.35. The Labute approximate surface area is 202 Å². The molecule has 0 unspecified atom stereocenters. The van der Waals surface area contributed by atoms with Gasteiger partial charge in [-0.2, -0.15) is 0 Å². The van der Waals surface area contributed by atoms with E-state index < -0.39 is 0 Å². The maximum atomic E-state index is 6.55. The molecule has 4 heteroatoms. The molecule has 2 aromatic heterocycles. The number of pyridine rings is 1. The summed E-state index contributed by atoms with van der Waals surface area (Å²) in [5, 5.41) is 1.76. The van der Waals surface area contributed by atoms with Gasteiger partial charge in [0.15, 0.2) is 5.82 Å². The zero-order valence-corrected chi connectivity index (χ0v) is 21.0. The van der Waals surface area contributed by atoms with Gasteiger partial charge in [0.2, 0.25) is 0 Å². The quantitative estimate of drug-likeness (QED) is 0.303. The molecular weight excluding hydrogens is 426 g/mol. The fourth-order valence-electron chi connectivity index (χ4n) is 5.00.